The number of aliphatic hydroxyl groups excluding tert-OH is 1. The zero-order valence-electron chi connectivity index (χ0n) is 9.75. The van der Waals surface area contributed by atoms with Crippen molar-refractivity contribution in [2.24, 2.45) is 17.8 Å². The van der Waals surface area contributed by atoms with Gasteiger partial charge in [-0.2, -0.15) is 0 Å². The topological polar surface area (TPSA) is 50.2 Å². The van der Waals surface area contributed by atoms with Crippen LogP contribution in [-0.2, 0) is 11.2 Å². The molecule has 0 spiro atoms. The maximum absolute atomic E-state index is 12.2. The molecule has 2 saturated carbocycles. The summed E-state index contributed by atoms with van der Waals surface area (Å²) in [4.78, 5) is 16.4. The molecule has 1 aromatic rings. The maximum atomic E-state index is 12.2. The van der Waals surface area contributed by atoms with E-state index >= 15 is 0 Å². The van der Waals surface area contributed by atoms with Crippen LogP contribution in [0.25, 0.3) is 0 Å². The number of nitrogens with zero attached hydrogens (tertiary/aromatic N) is 1. The van der Waals surface area contributed by atoms with E-state index in [0.29, 0.717) is 12.3 Å². The van der Waals surface area contributed by atoms with Crippen molar-refractivity contribution in [1.82, 2.24) is 4.98 Å². The van der Waals surface area contributed by atoms with E-state index in [1.54, 1.807) is 6.20 Å². The van der Waals surface area contributed by atoms with Crippen molar-refractivity contribution in [2.45, 2.75) is 31.8 Å². The average molecular weight is 231 g/mol. The van der Waals surface area contributed by atoms with E-state index in [2.05, 4.69) is 4.98 Å². The number of aromatic nitrogens is 1. The molecule has 0 radical (unpaired) electrons. The zero-order chi connectivity index (χ0) is 11.8. The lowest BCUT2D eigenvalue weighted by Crippen LogP contribution is -2.31. The van der Waals surface area contributed by atoms with E-state index in [9.17, 15) is 9.90 Å². The van der Waals surface area contributed by atoms with Crippen LogP contribution in [0.1, 0.15) is 25.0 Å². The Hall–Kier alpha value is -1.22. The van der Waals surface area contributed by atoms with Crippen molar-refractivity contribution in [3.8, 4) is 0 Å². The Kier molecular flexibility index (Phi) is 2.71. The van der Waals surface area contributed by atoms with Crippen molar-refractivity contribution in [3.05, 3.63) is 30.1 Å². The van der Waals surface area contributed by atoms with Crippen LogP contribution >= 0.6 is 0 Å². The summed E-state index contributed by atoms with van der Waals surface area (Å²) in [6.07, 6.45) is 4.82. The second kappa shape index (κ2) is 4.22. The van der Waals surface area contributed by atoms with Gasteiger partial charge in [0.15, 0.2) is 0 Å². The van der Waals surface area contributed by atoms with E-state index < -0.39 is 0 Å². The van der Waals surface area contributed by atoms with Crippen molar-refractivity contribution in [3.63, 3.8) is 0 Å². The Balaban J connectivity index is 1.68. The second-order valence-electron chi connectivity index (χ2n) is 5.37. The van der Waals surface area contributed by atoms with Crippen molar-refractivity contribution in [2.75, 3.05) is 0 Å². The van der Waals surface area contributed by atoms with Crippen LogP contribution in [0.2, 0.25) is 0 Å². The molecule has 3 heteroatoms. The molecular weight excluding hydrogens is 214 g/mol. The summed E-state index contributed by atoms with van der Waals surface area (Å²) in [5.41, 5.74) is 0.842. The molecule has 2 aliphatic carbocycles. The van der Waals surface area contributed by atoms with Gasteiger partial charge in [-0.25, -0.2) is 0 Å². The Morgan fingerprint density at radius 3 is 2.88 bits per heavy atom. The quantitative estimate of drug-likeness (QED) is 0.859. The molecule has 3 nitrogen and oxygen atoms in total. The van der Waals surface area contributed by atoms with Gasteiger partial charge in [0.2, 0.25) is 0 Å². The smallest absolute Gasteiger partial charge is 0.142 e. The number of pyridine rings is 1. The van der Waals surface area contributed by atoms with E-state index in [0.717, 1.165) is 25.0 Å². The van der Waals surface area contributed by atoms with E-state index in [1.807, 2.05) is 18.2 Å². The lowest BCUT2D eigenvalue weighted by molar-refractivity contribution is -0.125. The fraction of sp³-hybridized carbons (Fsp3) is 0.571. The first-order valence-corrected chi connectivity index (χ1v) is 6.34. The lowest BCUT2D eigenvalue weighted by Gasteiger charge is -2.24. The van der Waals surface area contributed by atoms with Gasteiger partial charge in [-0.1, -0.05) is 6.07 Å². The van der Waals surface area contributed by atoms with Gasteiger partial charge in [-0.05, 0) is 43.2 Å². The predicted molar refractivity (Wildman–Crippen MR) is 63.3 cm³/mol. The number of carbonyl (C=O) groups is 1. The molecule has 2 aliphatic rings. The molecule has 90 valence electrons. The summed E-state index contributed by atoms with van der Waals surface area (Å²) in [7, 11) is 0. The van der Waals surface area contributed by atoms with Crippen molar-refractivity contribution in [1.29, 1.82) is 0 Å². The number of Topliss-reactive ketones (excluding diaryl/α,β-unsaturated/α-hetero) is 1. The molecule has 1 aromatic heterocycles. The number of hydrogen-bond donors (Lipinski definition) is 1. The van der Waals surface area contributed by atoms with Gasteiger partial charge in [0.25, 0.3) is 0 Å². The Bertz CT molecular complexity index is 417. The van der Waals surface area contributed by atoms with Gasteiger partial charge in [-0.15, -0.1) is 0 Å². The van der Waals surface area contributed by atoms with Crippen molar-refractivity contribution < 1.29 is 9.90 Å². The van der Waals surface area contributed by atoms with Crippen LogP contribution in [0.15, 0.2) is 24.4 Å². The number of rotatable bonds is 3. The average Bonchev–Trinajstić information content (AvgIpc) is 2.89. The lowest BCUT2D eigenvalue weighted by atomic mass is 9.82. The molecule has 0 saturated heterocycles. The van der Waals surface area contributed by atoms with Crippen molar-refractivity contribution >= 4 is 5.78 Å². The Labute approximate surface area is 101 Å². The molecule has 0 amide bonds. The summed E-state index contributed by atoms with van der Waals surface area (Å²) in [6, 6.07) is 5.65. The maximum Gasteiger partial charge on any atom is 0.142 e. The number of carbonyl (C=O) groups excluding carboxylic acids is 1. The third kappa shape index (κ3) is 2.00. The fourth-order valence-corrected chi connectivity index (χ4v) is 3.50. The molecule has 3 rings (SSSR count). The highest BCUT2D eigenvalue weighted by molar-refractivity contribution is 5.83. The third-order valence-electron chi connectivity index (χ3n) is 4.27. The highest BCUT2D eigenvalue weighted by atomic mass is 16.3. The molecule has 17 heavy (non-hydrogen) atoms. The largest absolute Gasteiger partial charge is 0.393 e. The number of aliphatic hydroxyl groups is 1. The monoisotopic (exact) mass is 231 g/mol. The van der Waals surface area contributed by atoms with Crippen LogP contribution in [0.5, 0.6) is 0 Å². The van der Waals surface area contributed by atoms with Crippen LogP contribution in [0, 0.1) is 17.8 Å². The normalized spacial score (nSPS) is 35.1. The molecule has 1 heterocycles. The first-order valence-electron chi connectivity index (χ1n) is 6.34. The third-order valence-corrected chi connectivity index (χ3v) is 4.27. The molecule has 0 aromatic carbocycles. The van der Waals surface area contributed by atoms with Gasteiger partial charge in [-0.3, -0.25) is 9.78 Å². The molecule has 0 aliphatic heterocycles. The van der Waals surface area contributed by atoms with Gasteiger partial charge in [0.05, 0.1) is 6.10 Å². The highest BCUT2D eigenvalue weighted by Gasteiger charge is 2.47. The summed E-state index contributed by atoms with van der Waals surface area (Å²) >= 11 is 0. The minimum atomic E-state index is -0.244. The van der Waals surface area contributed by atoms with Gasteiger partial charge < -0.3 is 5.11 Å². The molecule has 1 N–H and O–H groups in total. The molecular formula is C14H17NO2. The zero-order valence-corrected chi connectivity index (χ0v) is 9.75. The molecule has 2 fully saturated rings. The number of fused-ring (bicyclic) bond motifs is 2. The van der Waals surface area contributed by atoms with Crippen LogP contribution in [-0.4, -0.2) is 22.0 Å². The number of hydrogen-bond acceptors (Lipinski definition) is 3. The first kappa shape index (κ1) is 10.9. The van der Waals surface area contributed by atoms with Crippen LogP contribution < -0.4 is 0 Å². The van der Waals surface area contributed by atoms with Crippen LogP contribution in [0.3, 0.4) is 0 Å². The molecule has 4 atom stereocenters. The minimum absolute atomic E-state index is 0.0748. The summed E-state index contributed by atoms with van der Waals surface area (Å²) in [5, 5.41) is 9.84. The number of ketones is 1. The Morgan fingerprint density at radius 2 is 2.24 bits per heavy atom. The van der Waals surface area contributed by atoms with E-state index in [-0.39, 0.29) is 23.7 Å². The highest BCUT2D eigenvalue weighted by Crippen LogP contribution is 2.48. The summed E-state index contributed by atoms with van der Waals surface area (Å²) in [6.45, 7) is 0. The van der Waals surface area contributed by atoms with E-state index in [1.165, 1.54) is 0 Å². The molecule has 4 unspecified atom stereocenters. The minimum Gasteiger partial charge on any atom is -0.393 e. The van der Waals surface area contributed by atoms with Crippen LogP contribution in [0.4, 0.5) is 0 Å². The first-order chi connectivity index (χ1) is 8.24. The van der Waals surface area contributed by atoms with Gasteiger partial charge in [0.1, 0.15) is 5.78 Å². The summed E-state index contributed by atoms with van der Waals surface area (Å²) < 4.78 is 0. The van der Waals surface area contributed by atoms with Gasteiger partial charge >= 0.3 is 0 Å². The predicted octanol–water partition coefficient (Wildman–Crippen LogP) is 1.60. The molecule has 2 bridgehead atoms. The second-order valence-corrected chi connectivity index (χ2v) is 5.37. The standard InChI is InChI=1S/C14H17NO2/c16-13-7-9-5-11(13)12(6-9)14(17)8-10-3-1-2-4-15-10/h1-4,9,11-13,16H,5-8H2. The van der Waals surface area contributed by atoms with Gasteiger partial charge in [0, 0.05) is 24.2 Å². The SMILES string of the molecule is O=C(Cc1ccccn1)C1CC2CC(O)C1C2. The summed E-state index contributed by atoms with van der Waals surface area (Å²) in [5.74, 6) is 1.13. The Morgan fingerprint density at radius 1 is 1.35 bits per heavy atom. The van der Waals surface area contributed by atoms with E-state index in [4.69, 9.17) is 0 Å². The fourth-order valence-electron chi connectivity index (χ4n) is 3.50.